The molecule has 0 amide bonds. The van der Waals surface area contributed by atoms with E-state index >= 15 is 0 Å². The number of carbonyl (C=O) groups excluding carboxylic acids is 2. The maximum Gasteiger partial charge on any atom is 0.336 e. The maximum absolute atomic E-state index is 13.0. The summed E-state index contributed by atoms with van der Waals surface area (Å²) < 4.78 is 5.96. The van der Waals surface area contributed by atoms with Crippen LogP contribution in [0.2, 0.25) is 0 Å². The number of methoxy groups -OCH3 is 1. The second-order valence-corrected chi connectivity index (χ2v) is 8.50. The molecule has 0 radical (unpaired) electrons. The van der Waals surface area contributed by atoms with E-state index in [4.69, 9.17) is 4.74 Å². The lowest BCUT2D eigenvalue weighted by Gasteiger charge is -2.41. The summed E-state index contributed by atoms with van der Waals surface area (Å²) in [6.45, 7) is 6.01. The molecule has 132 valence electrons. The van der Waals surface area contributed by atoms with Gasteiger partial charge in [-0.3, -0.25) is 9.79 Å². The molecule has 2 unspecified atom stereocenters. The van der Waals surface area contributed by atoms with Gasteiger partial charge in [0.1, 0.15) is 5.78 Å². The molecule has 4 nitrogen and oxygen atoms in total. The van der Waals surface area contributed by atoms with Crippen molar-refractivity contribution in [3.63, 3.8) is 0 Å². The van der Waals surface area contributed by atoms with Crippen LogP contribution in [0, 0.1) is 11.3 Å². The molecular weight excluding hydrogens is 382 g/mol. The molecule has 2 aliphatic rings. The molecule has 1 aliphatic heterocycles. The van der Waals surface area contributed by atoms with Crippen molar-refractivity contribution >= 4 is 33.4 Å². The van der Waals surface area contributed by atoms with E-state index in [0.717, 1.165) is 22.2 Å². The second kappa shape index (κ2) is 6.52. The highest BCUT2D eigenvalue weighted by Crippen LogP contribution is 2.47. The number of hydrogen-bond donors (Lipinski definition) is 0. The summed E-state index contributed by atoms with van der Waals surface area (Å²) in [5, 5.41) is 0. The Morgan fingerprint density at radius 2 is 1.84 bits per heavy atom. The minimum absolute atomic E-state index is 0.0975. The molecule has 1 heterocycles. The van der Waals surface area contributed by atoms with Crippen molar-refractivity contribution in [3.05, 3.63) is 45.6 Å². The van der Waals surface area contributed by atoms with Crippen LogP contribution in [0.1, 0.15) is 45.1 Å². The van der Waals surface area contributed by atoms with Gasteiger partial charge in [-0.15, -0.1) is 0 Å². The van der Waals surface area contributed by atoms with Crippen molar-refractivity contribution < 1.29 is 14.3 Å². The average Bonchev–Trinajstić information content (AvgIpc) is 2.52. The molecule has 1 fully saturated rings. The fraction of sp³-hybridized carbons (Fsp3) is 0.450. The van der Waals surface area contributed by atoms with Crippen molar-refractivity contribution in [3.8, 4) is 0 Å². The van der Waals surface area contributed by atoms with Crippen molar-refractivity contribution in [1.82, 2.24) is 0 Å². The smallest absolute Gasteiger partial charge is 0.336 e. The molecule has 0 bridgehead atoms. The summed E-state index contributed by atoms with van der Waals surface area (Å²) in [6, 6.07) is 7.78. The molecule has 0 spiro atoms. The predicted molar refractivity (Wildman–Crippen MR) is 101 cm³/mol. The highest BCUT2D eigenvalue weighted by atomic mass is 79.9. The fourth-order valence-electron chi connectivity index (χ4n) is 4.00. The number of aliphatic imine (C=N–C) groups is 1. The van der Waals surface area contributed by atoms with Crippen LogP contribution < -0.4 is 0 Å². The molecule has 5 heteroatoms. The third kappa shape index (κ3) is 3.34. The van der Waals surface area contributed by atoms with Gasteiger partial charge in [-0.25, -0.2) is 4.79 Å². The molecular formula is C20H22BrNO3. The Balaban J connectivity index is 2.17. The number of esters is 1. The van der Waals surface area contributed by atoms with Crippen LogP contribution in [0.4, 0.5) is 0 Å². The summed E-state index contributed by atoms with van der Waals surface area (Å²) in [4.78, 5) is 30.1. The maximum atomic E-state index is 13.0. The molecule has 0 N–H and O–H groups in total. The van der Waals surface area contributed by atoms with Crippen molar-refractivity contribution in [2.45, 2.75) is 39.5 Å². The van der Waals surface area contributed by atoms with E-state index in [2.05, 4.69) is 34.8 Å². The minimum Gasteiger partial charge on any atom is -0.466 e. The summed E-state index contributed by atoms with van der Waals surface area (Å²) in [7, 11) is 1.37. The largest absolute Gasteiger partial charge is 0.466 e. The van der Waals surface area contributed by atoms with Gasteiger partial charge in [0, 0.05) is 28.2 Å². The molecule has 1 saturated carbocycles. The average molecular weight is 404 g/mol. The van der Waals surface area contributed by atoms with Gasteiger partial charge < -0.3 is 4.74 Å². The Bertz CT molecular complexity index is 790. The molecule has 0 aromatic heterocycles. The van der Waals surface area contributed by atoms with Crippen LogP contribution in [-0.4, -0.2) is 24.6 Å². The Morgan fingerprint density at radius 1 is 1.20 bits per heavy atom. The molecule has 1 aromatic carbocycles. The summed E-state index contributed by atoms with van der Waals surface area (Å²) in [6.07, 6.45) is 1.26. The standard InChI is InChI=1S/C20H22BrNO3/c1-11-16(19(24)25-4)17(12-5-7-13(21)8-6-12)18-14(22-11)9-20(2,3)10-15(18)23/h5-8,17-18H,9-10H2,1-4H3. The SMILES string of the molecule is COC(=O)C1=C(C)N=C2CC(C)(C)CC(=O)C2C1c1ccc(Br)cc1. The predicted octanol–water partition coefficient (Wildman–Crippen LogP) is 4.44. The Hall–Kier alpha value is -1.75. The molecule has 3 rings (SSSR count). The third-order valence-electron chi connectivity index (χ3n) is 5.00. The van der Waals surface area contributed by atoms with E-state index in [1.165, 1.54) is 7.11 Å². The van der Waals surface area contributed by atoms with Crippen molar-refractivity contribution in [1.29, 1.82) is 0 Å². The van der Waals surface area contributed by atoms with Gasteiger partial charge in [-0.2, -0.15) is 0 Å². The zero-order valence-electron chi connectivity index (χ0n) is 14.9. The zero-order valence-corrected chi connectivity index (χ0v) is 16.5. The monoisotopic (exact) mass is 403 g/mol. The number of ketones is 1. The zero-order chi connectivity index (χ0) is 18.4. The lowest BCUT2D eigenvalue weighted by molar-refractivity contribution is -0.136. The Labute approximate surface area is 156 Å². The van der Waals surface area contributed by atoms with Gasteiger partial charge >= 0.3 is 5.97 Å². The molecule has 1 aliphatic carbocycles. The van der Waals surface area contributed by atoms with E-state index in [-0.39, 0.29) is 23.0 Å². The quantitative estimate of drug-likeness (QED) is 0.685. The van der Waals surface area contributed by atoms with Gasteiger partial charge in [0.05, 0.1) is 18.6 Å². The number of Topliss-reactive ketones (excluding diaryl/α,β-unsaturated/α-hetero) is 1. The van der Waals surface area contributed by atoms with Gasteiger partial charge in [-0.05, 0) is 36.5 Å². The van der Waals surface area contributed by atoms with E-state index in [1.807, 2.05) is 31.2 Å². The molecule has 2 atom stereocenters. The number of benzene rings is 1. The number of fused-ring (bicyclic) bond motifs is 1. The van der Waals surface area contributed by atoms with Crippen LogP contribution in [0.15, 0.2) is 45.0 Å². The van der Waals surface area contributed by atoms with Gasteiger partial charge in [0.2, 0.25) is 0 Å². The normalized spacial score (nSPS) is 25.3. The van der Waals surface area contributed by atoms with Crippen LogP contribution in [0.3, 0.4) is 0 Å². The van der Waals surface area contributed by atoms with E-state index in [1.54, 1.807) is 0 Å². The first-order chi connectivity index (χ1) is 11.7. The number of rotatable bonds is 2. The highest BCUT2D eigenvalue weighted by molar-refractivity contribution is 9.10. The minimum atomic E-state index is -0.411. The number of allylic oxidation sites excluding steroid dienone is 1. The molecule has 1 aromatic rings. The number of nitrogens with zero attached hydrogens (tertiary/aromatic N) is 1. The van der Waals surface area contributed by atoms with E-state index < -0.39 is 5.97 Å². The molecule has 25 heavy (non-hydrogen) atoms. The number of ether oxygens (including phenoxy) is 1. The number of hydrogen-bond acceptors (Lipinski definition) is 4. The lowest BCUT2D eigenvalue weighted by Crippen LogP contribution is -2.44. The number of halogens is 1. The van der Waals surface area contributed by atoms with E-state index in [0.29, 0.717) is 17.7 Å². The second-order valence-electron chi connectivity index (χ2n) is 7.58. The lowest BCUT2D eigenvalue weighted by atomic mass is 9.63. The van der Waals surface area contributed by atoms with Gasteiger partial charge in [0.15, 0.2) is 0 Å². The Morgan fingerprint density at radius 3 is 2.44 bits per heavy atom. The summed E-state index contributed by atoms with van der Waals surface area (Å²) in [5.74, 6) is -0.980. The van der Waals surface area contributed by atoms with Crippen LogP contribution in [-0.2, 0) is 14.3 Å². The van der Waals surface area contributed by atoms with Crippen molar-refractivity contribution in [2.24, 2.45) is 16.3 Å². The van der Waals surface area contributed by atoms with E-state index in [9.17, 15) is 9.59 Å². The Kier molecular flexibility index (Phi) is 4.71. The van der Waals surface area contributed by atoms with Crippen LogP contribution in [0.25, 0.3) is 0 Å². The van der Waals surface area contributed by atoms with Crippen LogP contribution in [0.5, 0.6) is 0 Å². The number of carbonyl (C=O) groups is 2. The van der Waals surface area contributed by atoms with Crippen LogP contribution >= 0.6 is 15.9 Å². The fourth-order valence-corrected chi connectivity index (χ4v) is 4.26. The summed E-state index contributed by atoms with van der Waals surface area (Å²) in [5.41, 5.74) is 2.87. The summed E-state index contributed by atoms with van der Waals surface area (Å²) >= 11 is 3.44. The first-order valence-electron chi connectivity index (χ1n) is 8.38. The topological polar surface area (TPSA) is 55.7 Å². The highest BCUT2D eigenvalue weighted by Gasteiger charge is 2.47. The van der Waals surface area contributed by atoms with Gasteiger partial charge in [0.25, 0.3) is 0 Å². The third-order valence-corrected chi connectivity index (χ3v) is 5.53. The first kappa shape index (κ1) is 18.1. The van der Waals surface area contributed by atoms with Crippen molar-refractivity contribution in [2.75, 3.05) is 7.11 Å². The first-order valence-corrected chi connectivity index (χ1v) is 9.17. The molecule has 0 saturated heterocycles. The van der Waals surface area contributed by atoms with Gasteiger partial charge in [-0.1, -0.05) is 41.9 Å².